The lowest BCUT2D eigenvalue weighted by atomic mass is 9.74. The number of thiazole rings is 1. The Morgan fingerprint density at radius 1 is 1.15 bits per heavy atom. The van der Waals surface area contributed by atoms with Crippen molar-refractivity contribution < 1.29 is 9.53 Å². The van der Waals surface area contributed by atoms with E-state index in [2.05, 4.69) is 43.9 Å². The monoisotopic (exact) mass is 474 g/mol. The molecule has 0 unspecified atom stereocenters. The Morgan fingerprint density at radius 3 is 2.45 bits per heavy atom. The molecule has 3 heterocycles. The maximum Gasteiger partial charge on any atom is 0.311 e. The van der Waals surface area contributed by atoms with Crippen LogP contribution in [0.1, 0.15) is 51.7 Å². The third kappa shape index (κ3) is 7.11. The van der Waals surface area contributed by atoms with Crippen LogP contribution in [0.5, 0.6) is 0 Å². The number of aryl methyl sites for hydroxylation is 2. The molecule has 0 atom stereocenters. The van der Waals surface area contributed by atoms with Gasteiger partial charge in [0, 0.05) is 49.9 Å². The fourth-order valence-corrected chi connectivity index (χ4v) is 5.36. The zero-order valence-electron chi connectivity index (χ0n) is 21.1. The predicted molar refractivity (Wildman–Crippen MR) is 134 cm³/mol. The van der Waals surface area contributed by atoms with Crippen LogP contribution in [0.2, 0.25) is 0 Å². The molecule has 1 fully saturated rings. The van der Waals surface area contributed by atoms with E-state index < -0.39 is 5.41 Å². The molecule has 0 spiro atoms. The average molecular weight is 475 g/mol. The molecule has 0 bridgehead atoms. The normalized spacial score (nSPS) is 15.5. The number of carbonyl (C=O) groups excluding carboxylic acids is 1. The van der Waals surface area contributed by atoms with Gasteiger partial charge in [-0.3, -0.25) is 9.69 Å². The van der Waals surface area contributed by atoms with E-state index in [1.54, 1.807) is 11.3 Å². The topological polar surface area (TPSA) is 83.5 Å². The molecule has 1 saturated heterocycles. The van der Waals surface area contributed by atoms with E-state index in [1.165, 1.54) is 0 Å². The van der Waals surface area contributed by atoms with Gasteiger partial charge < -0.3 is 15.0 Å². The number of aromatic nitrogens is 3. The summed E-state index contributed by atoms with van der Waals surface area (Å²) in [5.41, 5.74) is -0.480. The van der Waals surface area contributed by atoms with Crippen molar-refractivity contribution in [1.82, 2.24) is 19.9 Å². The molecule has 182 valence electrons. The van der Waals surface area contributed by atoms with Crippen LogP contribution in [-0.4, -0.2) is 65.2 Å². The van der Waals surface area contributed by atoms with Crippen molar-refractivity contribution in [3.05, 3.63) is 23.0 Å². The Labute approximate surface area is 201 Å². The number of hydrogen-bond donors (Lipinski definition) is 1. The van der Waals surface area contributed by atoms with Crippen LogP contribution in [-0.2, 0) is 9.53 Å². The number of piperazine rings is 1. The summed E-state index contributed by atoms with van der Waals surface area (Å²) < 4.78 is 5.28. The van der Waals surface area contributed by atoms with Gasteiger partial charge in [-0.15, -0.1) is 11.3 Å². The predicted octanol–water partition coefficient (Wildman–Crippen LogP) is 4.42. The molecular formula is C24H38N6O2S. The van der Waals surface area contributed by atoms with E-state index in [4.69, 9.17) is 4.74 Å². The molecular weight excluding hydrogens is 436 g/mol. The van der Waals surface area contributed by atoms with Gasteiger partial charge in [-0.2, -0.15) is 0 Å². The number of esters is 1. The van der Waals surface area contributed by atoms with Crippen LogP contribution < -0.4 is 10.2 Å². The highest BCUT2D eigenvalue weighted by Gasteiger charge is 2.37. The summed E-state index contributed by atoms with van der Waals surface area (Å²) in [5.74, 6) is 2.35. The van der Waals surface area contributed by atoms with E-state index in [9.17, 15) is 4.79 Å². The van der Waals surface area contributed by atoms with Crippen molar-refractivity contribution in [3.63, 3.8) is 0 Å². The smallest absolute Gasteiger partial charge is 0.311 e. The van der Waals surface area contributed by atoms with Gasteiger partial charge in [0.2, 0.25) is 0 Å². The first-order valence-corrected chi connectivity index (χ1v) is 12.5. The van der Waals surface area contributed by atoms with Crippen LogP contribution in [0.3, 0.4) is 0 Å². The van der Waals surface area contributed by atoms with Crippen molar-refractivity contribution in [1.29, 1.82) is 0 Å². The molecule has 0 aromatic carbocycles. The quantitative estimate of drug-likeness (QED) is 0.535. The molecule has 33 heavy (non-hydrogen) atoms. The lowest BCUT2D eigenvalue weighted by Crippen LogP contribution is -2.50. The highest BCUT2D eigenvalue weighted by atomic mass is 32.1. The number of hydrogen-bond acceptors (Lipinski definition) is 9. The summed E-state index contributed by atoms with van der Waals surface area (Å²) in [6.07, 6.45) is 2.64. The minimum Gasteiger partial charge on any atom is -0.466 e. The van der Waals surface area contributed by atoms with Crippen LogP contribution >= 0.6 is 11.3 Å². The Bertz CT molecular complexity index is 950. The Kier molecular flexibility index (Phi) is 7.95. The van der Waals surface area contributed by atoms with Gasteiger partial charge >= 0.3 is 5.97 Å². The summed E-state index contributed by atoms with van der Waals surface area (Å²) in [4.78, 5) is 31.9. The summed E-state index contributed by atoms with van der Waals surface area (Å²) in [6, 6.07) is 2.01. The number of nitrogens with zero attached hydrogens (tertiary/aromatic N) is 5. The SMILES string of the molecule is CCOC(=O)C(C)(C)CC(C)(C)CN1CCN(c2cc(Nc3ncc(C)s3)nc(C)n2)CC1. The number of nitrogens with one attached hydrogen (secondary N) is 1. The molecule has 0 amide bonds. The second-order valence-electron chi connectivity index (χ2n) is 10.3. The van der Waals surface area contributed by atoms with Gasteiger partial charge in [0.15, 0.2) is 5.13 Å². The second-order valence-corrected chi connectivity index (χ2v) is 11.5. The molecule has 3 rings (SSSR count). The minimum atomic E-state index is -0.487. The van der Waals surface area contributed by atoms with E-state index in [0.717, 1.165) is 66.6 Å². The van der Waals surface area contributed by atoms with Crippen molar-refractivity contribution in [2.24, 2.45) is 10.8 Å². The van der Waals surface area contributed by atoms with Gasteiger partial charge in [-0.05, 0) is 46.5 Å². The van der Waals surface area contributed by atoms with Crippen LogP contribution in [0.4, 0.5) is 16.8 Å². The number of carbonyl (C=O) groups is 1. The number of rotatable bonds is 9. The molecule has 2 aromatic heterocycles. The van der Waals surface area contributed by atoms with Gasteiger partial charge in [0.1, 0.15) is 17.5 Å². The average Bonchev–Trinajstić information content (AvgIpc) is 3.11. The summed E-state index contributed by atoms with van der Waals surface area (Å²) >= 11 is 1.61. The molecule has 1 aliphatic heterocycles. The largest absolute Gasteiger partial charge is 0.466 e. The van der Waals surface area contributed by atoms with Crippen LogP contribution in [0.15, 0.2) is 12.3 Å². The highest BCUT2D eigenvalue weighted by Crippen LogP contribution is 2.35. The fourth-order valence-electron chi connectivity index (χ4n) is 4.69. The van der Waals surface area contributed by atoms with E-state index in [1.807, 2.05) is 46.9 Å². The summed E-state index contributed by atoms with van der Waals surface area (Å²) in [7, 11) is 0. The minimum absolute atomic E-state index is 0.00681. The lowest BCUT2D eigenvalue weighted by molar-refractivity contribution is -0.155. The van der Waals surface area contributed by atoms with E-state index >= 15 is 0 Å². The fraction of sp³-hybridized carbons (Fsp3) is 0.667. The molecule has 1 aliphatic rings. The zero-order valence-corrected chi connectivity index (χ0v) is 21.9. The van der Waals surface area contributed by atoms with Gasteiger partial charge in [-0.25, -0.2) is 15.0 Å². The van der Waals surface area contributed by atoms with E-state index in [0.29, 0.717) is 6.61 Å². The maximum atomic E-state index is 12.3. The second kappa shape index (κ2) is 10.3. The van der Waals surface area contributed by atoms with Crippen molar-refractivity contribution in [3.8, 4) is 0 Å². The third-order valence-electron chi connectivity index (χ3n) is 5.78. The number of anilines is 3. The van der Waals surface area contributed by atoms with Crippen LogP contribution in [0, 0.1) is 24.7 Å². The number of ether oxygens (including phenoxy) is 1. The summed E-state index contributed by atoms with van der Waals surface area (Å²) in [6.45, 7) is 19.4. The molecule has 9 heteroatoms. The first kappa shape index (κ1) is 25.4. The Hall–Kier alpha value is -2.26. The van der Waals surface area contributed by atoms with Gasteiger partial charge in [0.05, 0.1) is 12.0 Å². The lowest BCUT2D eigenvalue weighted by Gasteiger charge is -2.41. The van der Waals surface area contributed by atoms with Crippen molar-refractivity contribution in [2.45, 2.75) is 54.9 Å². The van der Waals surface area contributed by atoms with Crippen molar-refractivity contribution in [2.75, 3.05) is 49.5 Å². The zero-order chi connectivity index (χ0) is 24.2. The Morgan fingerprint density at radius 2 is 1.85 bits per heavy atom. The van der Waals surface area contributed by atoms with Gasteiger partial charge in [0.25, 0.3) is 0 Å². The van der Waals surface area contributed by atoms with E-state index in [-0.39, 0.29) is 11.4 Å². The standard InChI is InChI=1S/C24H38N6O2S/c1-8-32-21(31)24(6,7)15-23(4,5)16-29-9-11-30(12-10-29)20-13-19(26-18(3)27-20)28-22-25-14-17(2)33-22/h13-14H,8-12,15-16H2,1-7H3,(H,25,26,27,28). The molecule has 0 aliphatic carbocycles. The van der Waals surface area contributed by atoms with Crippen LogP contribution in [0.25, 0.3) is 0 Å². The third-order valence-corrected chi connectivity index (χ3v) is 6.61. The molecule has 0 saturated carbocycles. The molecule has 0 radical (unpaired) electrons. The summed E-state index contributed by atoms with van der Waals surface area (Å²) in [5, 5.41) is 4.15. The molecule has 2 aromatic rings. The van der Waals surface area contributed by atoms with Gasteiger partial charge in [-0.1, -0.05) is 13.8 Å². The molecule has 8 nitrogen and oxygen atoms in total. The van der Waals surface area contributed by atoms with Crippen molar-refractivity contribution >= 4 is 34.1 Å². The highest BCUT2D eigenvalue weighted by molar-refractivity contribution is 7.15. The Balaban J connectivity index is 1.57. The first-order valence-electron chi connectivity index (χ1n) is 11.7. The first-order chi connectivity index (χ1) is 15.5. The molecule has 1 N–H and O–H groups in total. The maximum absolute atomic E-state index is 12.3.